The number of halogens is 2. The number of hydrogen-bond acceptors (Lipinski definition) is 2. The molecule has 0 fully saturated rings. The largest absolute Gasteiger partial charge is 0.304 e. The maximum Gasteiger partial charge on any atom is 0.277 e. The minimum Gasteiger partial charge on any atom is -0.304 e. The number of benzene rings is 1. The maximum absolute atomic E-state index is 14.3. The standard InChI is InChI=1S/C16H14ClFN2O/c1-10-7-11-3-2-6-20(15(11)13(18)8-10)16(21)14-9-12(17)4-5-19-14/h4-5,7-9H,2-3,6H2,1H3. The summed E-state index contributed by atoms with van der Waals surface area (Å²) in [5, 5.41) is 0.440. The second kappa shape index (κ2) is 5.45. The minimum atomic E-state index is -0.361. The molecule has 0 N–H and O–H groups in total. The zero-order chi connectivity index (χ0) is 15.0. The van der Waals surface area contributed by atoms with Crippen LogP contribution in [-0.2, 0) is 6.42 Å². The lowest BCUT2D eigenvalue weighted by Gasteiger charge is -2.30. The third kappa shape index (κ3) is 2.63. The monoisotopic (exact) mass is 304 g/mol. The van der Waals surface area contributed by atoms with Gasteiger partial charge in [0, 0.05) is 17.8 Å². The number of pyridine rings is 1. The van der Waals surface area contributed by atoms with E-state index in [0.717, 1.165) is 24.0 Å². The maximum atomic E-state index is 14.3. The molecule has 1 aliphatic heterocycles. The second-order valence-corrected chi connectivity index (χ2v) is 5.61. The van der Waals surface area contributed by atoms with Gasteiger partial charge in [0.05, 0.1) is 5.69 Å². The average Bonchev–Trinajstić information content (AvgIpc) is 2.45. The van der Waals surface area contributed by atoms with Gasteiger partial charge in [-0.2, -0.15) is 0 Å². The molecule has 21 heavy (non-hydrogen) atoms. The van der Waals surface area contributed by atoms with Crippen molar-refractivity contribution in [2.45, 2.75) is 19.8 Å². The van der Waals surface area contributed by atoms with Gasteiger partial charge in [0.1, 0.15) is 11.5 Å². The smallest absolute Gasteiger partial charge is 0.277 e. The van der Waals surface area contributed by atoms with E-state index in [4.69, 9.17) is 11.6 Å². The summed E-state index contributed by atoms with van der Waals surface area (Å²) in [5.41, 5.74) is 2.34. The number of rotatable bonds is 1. The van der Waals surface area contributed by atoms with Gasteiger partial charge in [0.15, 0.2) is 0 Å². The van der Waals surface area contributed by atoms with Gasteiger partial charge in [0.2, 0.25) is 0 Å². The van der Waals surface area contributed by atoms with Crippen LogP contribution >= 0.6 is 11.6 Å². The van der Waals surface area contributed by atoms with Crippen molar-refractivity contribution in [3.63, 3.8) is 0 Å². The van der Waals surface area contributed by atoms with Crippen LogP contribution in [0.5, 0.6) is 0 Å². The molecule has 0 radical (unpaired) electrons. The third-order valence-electron chi connectivity index (χ3n) is 3.57. The number of carbonyl (C=O) groups excluding carboxylic acids is 1. The van der Waals surface area contributed by atoms with Gasteiger partial charge in [-0.05, 0) is 49.1 Å². The van der Waals surface area contributed by atoms with Crippen molar-refractivity contribution >= 4 is 23.2 Å². The molecule has 0 atom stereocenters. The molecule has 5 heteroatoms. The van der Waals surface area contributed by atoms with Crippen LogP contribution in [0, 0.1) is 12.7 Å². The Balaban J connectivity index is 2.04. The Morgan fingerprint density at radius 2 is 2.19 bits per heavy atom. The zero-order valence-corrected chi connectivity index (χ0v) is 12.3. The molecule has 0 bridgehead atoms. The van der Waals surface area contributed by atoms with Gasteiger partial charge in [-0.25, -0.2) is 4.39 Å². The number of carbonyl (C=O) groups is 1. The first kappa shape index (κ1) is 14.0. The van der Waals surface area contributed by atoms with Crippen molar-refractivity contribution in [3.8, 4) is 0 Å². The van der Waals surface area contributed by atoms with E-state index in [1.54, 1.807) is 6.07 Å². The number of aromatic nitrogens is 1. The fraction of sp³-hybridized carbons (Fsp3) is 0.250. The first-order valence-corrected chi connectivity index (χ1v) is 7.16. The molecule has 0 spiro atoms. The lowest BCUT2D eigenvalue weighted by Crippen LogP contribution is -2.36. The van der Waals surface area contributed by atoms with E-state index in [1.165, 1.54) is 23.2 Å². The average molecular weight is 305 g/mol. The third-order valence-corrected chi connectivity index (χ3v) is 3.81. The SMILES string of the molecule is Cc1cc(F)c2c(c1)CCCN2C(=O)c1cc(Cl)ccn1. The Morgan fingerprint density at radius 1 is 1.38 bits per heavy atom. The molecule has 1 aliphatic rings. The summed E-state index contributed by atoms with van der Waals surface area (Å²) in [7, 11) is 0. The van der Waals surface area contributed by atoms with Crippen molar-refractivity contribution in [2.24, 2.45) is 0 Å². The highest BCUT2D eigenvalue weighted by atomic mass is 35.5. The summed E-state index contributed by atoms with van der Waals surface area (Å²) in [5.74, 6) is -0.679. The fourth-order valence-corrected chi connectivity index (χ4v) is 2.86. The number of nitrogens with zero attached hydrogens (tertiary/aromatic N) is 2. The van der Waals surface area contributed by atoms with Gasteiger partial charge in [-0.1, -0.05) is 17.7 Å². The van der Waals surface area contributed by atoms with Gasteiger partial charge in [0.25, 0.3) is 5.91 Å². The topological polar surface area (TPSA) is 33.2 Å². The van der Waals surface area contributed by atoms with E-state index in [2.05, 4.69) is 4.98 Å². The van der Waals surface area contributed by atoms with Crippen molar-refractivity contribution in [1.29, 1.82) is 0 Å². The van der Waals surface area contributed by atoms with Gasteiger partial charge < -0.3 is 4.90 Å². The van der Waals surface area contributed by atoms with Crippen molar-refractivity contribution in [3.05, 3.63) is 58.1 Å². The van der Waals surface area contributed by atoms with Crippen LogP contribution in [-0.4, -0.2) is 17.4 Å². The second-order valence-electron chi connectivity index (χ2n) is 5.17. The van der Waals surface area contributed by atoms with Crippen molar-refractivity contribution in [1.82, 2.24) is 4.98 Å². The summed E-state index contributed by atoms with van der Waals surface area (Å²) in [6.07, 6.45) is 3.06. The zero-order valence-electron chi connectivity index (χ0n) is 11.6. The molecular formula is C16H14ClFN2O. The Kier molecular flexibility index (Phi) is 3.64. The Hall–Kier alpha value is -1.94. The molecule has 0 unspecified atom stereocenters. The Morgan fingerprint density at radius 3 is 2.95 bits per heavy atom. The van der Waals surface area contributed by atoms with Crippen LogP contribution in [0.1, 0.15) is 28.0 Å². The highest BCUT2D eigenvalue weighted by Gasteiger charge is 2.27. The molecule has 3 rings (SSSR count). The van der Waals surface area contributed by atoms with Crippen LogP contribution in [0.3, 0.4) is 0 Å². The van der Waals surface area contributed by atoms with Gasteiger partial charge >= 0.3 is 0 Å². The quantitative estimate of drug-likeness (QED) is 0.803. The number of anilines is 1. The fourth-order valence-electron chi connectivity index (χ4n) is 2.70. The van der Waals surface area contributed by atoms with Gasteiger partial charge in [-0.3, -0.25) is 9.78 Å². The Bertz CT molecular complexity index is 717. The van der Waals surface area contributed by atoms with E-state index >= 15 is 0 Å². The normalized spacial score (nSPS) is 14.0. The van der Waals surface area contributed by atoms with Crippen LogP contribution in [0.2, 0.25) is 5.02 Å². The summed E-state index contributed by atoms with van der Waals surface area (Å²) >= 11 is 5.90. The van der Waals surface area contributed by atoms with E-state index in [0.29, 0.717) is 17.3 Å². The lowest BCUT2D eigenvalue weighted by molar-refractivity contribution is 0.0979. The molecule has 1 amide bonds. The van der Waals surface area contributed by atoms with Crippen LogP contribution < -0.4 is 4.90 Å². The van der Waals surface area contributed by atoms with E-state index in [1.807, 2.05) is 13.0 Å². The van der Waals surface area contributed by atoms with Crippen LogP contribution in [0.15, 0.2) is 30.5 Å². The predicted octanol–water partition coefficient (Wildman–Crippen LogP) is 3.78. The first-order valence-electron chi connectivity index (χ1n) is 6.78. The number of amides is 1. The molecule has 0 aliphatic carbocycles. The van der Waals surface area contributed by atoms with Crippen molar-refractivity contribution in [2.75, 3.05) is 11.4 Å². The summed E-state index contributed by atoms with van der Waals surface area (Å²) in [6, 6.07) is 6.50. The molecule has 2 aromatic rings. The molecule has 2 heterocycles. The molecule has 1 aromatic heterocycles. The van der Waals surface area contributed by atoms with Crippen LogP contribution in [0.4, 0.5) is 10.1 Å². The number of hydrogen-bond donors (Lipinski definition) is 0. The number of aryl methyl sites for hydroxylation is 2. The predicted molar refractivity (Wildman–Crippen MR) is 80.4 cm³/mol. The van der Waals surface area contributed by atoms with E-state index in [-0.39, 0.29) is 17.4 Å². The Labute approximate surface area is 127 Å². The molecule has 1 aromatic carbocycles. The molecule has 0 saturated heterocycles. The summed E-state index contributed by atoms with van der Waals surface area (Å²) in [6.45, 7) is 2.34. The molecule has 0 saturated carbocycles. The lowest BCUT2D eigenvalue weighted by atomic mass is 9.98. The minimum absolute atomic E-state index is 0.232. The highest BCUT2D eigenvalue weighted by molar-refractivity contribution is 6.31. The first-order chi connectivity index (χ1) is 10.1. The van der Waals surface area contributed by atoms with Gasteiger partial charge in [-0.15, -0.1) is 0 Å². The van der Waals surface area contributed by atoms with E-state index < -0.39 is 0 Å². The summed E-state index contributed by atoms with van der Waals surface area (Å²) < 4.78 is 14.3. The molecule has 108 valence electrons. The highest BCUT2D eigenvalue weighted by Crippen LogP contribution is 2.32. The number of fused-ring (bicyclic) bond motifs is 1. The van der Waals surface area contributed by atoms with E-state index in [9.17, 15) is 9.18 Å². The van der Waals surface area contributed by atoms with Crippen LogP contribution in [0.25, 0.3) is 0 Å². The molecule has 3 nitrogen and oxygen atoms in total. The summed E-state index contributed by atoms with van der Waals surface area (Å²) in [4.78, 5) is 18.1. The van der Waals surface area contributed by atoms with Crippen molar-refractivity contribution < 1.29 is 9.18 Å². The molecular weight excluding hydrogens is 291 g/mol.